The van der Waals surface area contributed by atoms with E-state index in [9.17, 15) is 4.79 Å². The van der Waals surface area contributed by atoms with E-state index in [0.29, 0.717) is 24.5 Å². The summed E-state index contributed by atoms with van der Waals surface area (Å²) in [6, 6.07) is 13.9. The van der Waals surface area contributed by atoms with Crippen LogP contribution in [0.2, 0.25) is 0 Å². The predicted molar refractivity (Wildman–Crippen MR) is 106 cm³/mol. The fourth-order valence-corrected chi connectivity index (χ4v) is 3.34. The topological polar surface area (TPSA) is 59.4 Å². The number of rotatable bonds is 4. The second kappa shape index (κ2) is 6.79. The average molecular weight is 362 g/mol. The van der Waals surface area contributed by atoms with E-state index in [-0.39, 0.29) is 5.91 Å². The fourth-order valence-electron chi connectivity index (χ4n) is 3.34. The molecule has 6 nitrogen and oxygen atoms in total. The molecular formula is C21H22N4O2. The van der Waals surface area contributed by atoms with Gasteiger partial charge in [0, 0.05) is 25.7 Å². The van der Waals surface area contributed by atoms with Gasteiger partial charge in [0.1, 0.15) is 11.6 Å². The van der Waals surface area contributed by atoms with Crippen molar-refractivity contribution < 1.29 is 9.53 Å². The summed E-state index contributed by atoms with van der Waals surface area (Å²) in [5.41, 5.74) is 4.49. The summed E-state index contributed by atoms with van der Waals surface area (Å²) >= 11 is 0. The Bertz CT molecular complexity index is 993. The largest absolute Gasteiger partial charge is 0.493 e. The van der Waals surface area contributed by atoms with Gasteiger partial charge in [0.2, 0.25) is 0 Å². The normalized spacial score (nSPS) is 12.0. The number of amides is 1. The standard InChI is InChI=1S/C21H22N4O2/c1-4-27-19-11-18-17(10-16(19)21(26)24(2)3)22-12-15-13-23-20(25(15)18)14-8-6-5-7-9-14/h5-11,13,22H,4,12H2,1-3H3. The number of carbonyl (C=O) groups is 1. The molecule has 0 saturated heterocycles. The quantitative estimate of drug-likeness (QED) is 0.771. The Morgan fingerprint density at radius 3 is 2.74 bits per heavy atom. The number of imidazole rings is 1. The van der Waals surface area contributed by atoms with Crippen molar-refractivity contribution in [1.29, 1.82) is 0 Å². The minimum absolute atomic E-state index is 0.0808. The molecule has 1 aliphatic rings. The molecular weight excluding hydrogens is 340 g/mol. The number of benzene rings is 2. The van der Waals surface area contributed by atoms with Crippen molar-refractivity contribution in [1.82, 2.24) is 14.5 Å². The number of fused-ring (bicyclic) bond motifs is 3. The van der Waals surface area contributed by atoms with Crippen LogP contribution in [0.3, 0.4) is 0 Å². The van der Waals surface area contributed by atoms with E-state index in [1.165, 1.54) is 0 Å². The van der Waals surface area contributed by atoms with Gasteiger partial charge < -0.3 is 15.0 Å². The molecule has 0 unspecified atom stereocenters. The first-order valence-corrected chi connectivity index (χ1v) is 8.99. The van der Waals surface area contributed by atoms with Crippen LogP contribution >= 0.6 is 0 Å². The first-order valence-electron chi connectivity index (χ1n) is 8.99. The zero-order valence-electron chi connectivity index (χ0n) is 15.7. The van der Waals surface area contributed by atoms with E-state index in [1.54, 1.807) is 19.0 Å². The van der Waals surface area contributed by atoms with E-state index in [0.717, 1.165) is 28.5 Å². The number of anilines is 1. The van der Waals surface area contributed by atoms with Gasteiger partial charge in [-0.2, -0.15) is 0 Å². The van der Waals surface area contributed by atoms with Crippen molar-refractivity contribution in [3.8, 4) is 22.8 Å². The average Bonchev–Trinajstić information content (AvgIpc) is 3.12. The molecule has 2 heterocycles. The summed E-state index contributed by atoms with van der Waals surface area (Å²) in [7, 11) is 3.48. The van der Waals surface area contributed by atoms with Crippen LogP contribution in [0.1, 0.15) is 23.0 Å². The second-order valence-corrected chi connectivity index (χ2v) is 6.63. The monoisotopic (exact) mass is 362 g/mol. The predicted octanol–water partition coefficient (Wildman–Crippen LogP) is 3.57. The molecule has 2 aromatic carbocycles. The Balaban J connectivity index is 1.90. The SMILES string of the molecule is CCOc1cc2c(cc1C(=O)N(C)C)NCc1cnc(-c3ccccc3)n1-2. The third-order valence-electron chi connectivity index (χ3n) is 4.60. The lowest BCUT2D eigenvalue weighted by Gasteiger charge is -2.25. The van der Waals surface area contributed by atoms with Gasteiger partial charge in [-0.15, -0.1) is 0 Å². The van der Waals surface area contributed by atoms with Crippen LogP contribution in [0.15, 0.2) is 48.7 Å². The van der Waals surface area contributed by atoms with Gasteiger partial charge in [-0.25, -0.2) is 4.98 Å². The molecule has 1 aliphatic heterocycles. The fraction of sp³-hybridized carbons (Fsp3) is 0.238. The third-order valence-corrected chi connectivity index (χ3v) is 4.60. The maximum atomic E-state index is 12.6. The molecule has 1 N–H and O–H groups in total. The third kappa shape index (κ3) is 2.93. The molecule has 0 saturated carbocycles. The second-order valence-electron chi connectivity index (χ2n) is 6.63. The van der Waals surface area contributed by atoms with Gasteiger partial charge in [-0.1, -0.05) is 30.3 Å². The van der Waals surface area contributed by atoms with Crippen LogP contribution in [0.5, 0.6) is 5.75 Å². The van der Waals surface area contributed by atoms with Crippen LogP contribution in [0, 0.1) is 0 Å². The lowest BCUT2D eigenvalue weighted by molar-refractivity contribution is 0.0823. The molecule has 0 bridgehead atoms. The molecule has 6 heteroatoms. The van der Waals surface area contributed by atoms with Crippen LogP contribution < -0.4 is 10.1 Å². The molecule has 0 atom stereocenters. The van der Waals surface area contributed by atoms with Crippen LogP contribution in [0.25, 0.3) is 17.1 Å². The van der Waals surface area contributed by atoms with Gasteiger partial charge in [0.05, 0.1) is 42.0 Å². The molecule has 0 spiro atoms. The van der Waals surface area contributed by atoms with Gasteiger partial charge in [-0.05, 0) is 13.0 Å². The number of aromatic nitrogens is 2. The minimum Gasteiger partial charge on any atom is -0.493 e. The Labute approximate surface area is 158 Å². The van der Waals surface area contributed by atoms with E-state index < -0.39 is 0 Å². The van der Waals surface area contributed by atoms with Crippen molar-refractivity contribution >= 4 is 11.6 Å². The van der Waals surface area contributed by atoms with E-state index >= 15 is 0 Å². The number of nitrogens with one attached hydrogen (secondary N) is 1. The molecule has 138 valence electrons. The van der Waals surface area contributed by atoms with E-state index in [1.807, 2.05) is 55.6 Å². The summed E-state index contributed by atoms with van der Waals surface area (Å²) in [6.45, 7) is 3.05. The molecule has 0 fully saturated rings. The number of hydrogen-bond acceptors (Lipinski definition) is 4. The number of ether oxygens (including phenoxy) is 1. The molecule has 27 heavy (non-hydrogen) atoms. The summed E-state index contributed by atoms with van der Waals surface area (Å²) < 4.78 is 7.94. The highest BCUT2D eigenvalue weighted by Crippen LogP contribution is 2.37. The molecule has 1 aromatic heterocycles. The first-order chi connectivity index (χ1) is 13.1. The van der Waals surface area contributed by atoms with Crippen LogP contribution in [0.4, 0.5) is 5.69 Å². The minimum atomic E-state index is -0.0808. The summed E-state index contributed by atoms with van der Waals surface area (Å²) in [6.07, 6.45) is 1.89. The number of nitrogens with zero attached hydrogens (tertiary/aromatic N) is 3. The summed E-state index contributed by atoms with van der Waals surface area (Å²) in [5.74, 6) is 1.38. The summed E-state index contributed by atoms with van der Waals surface area (Å²) in [5, 5.41) is 3.40. The Morgan fingerprint density at radius 2 is 2.04 bits per heavy atom. The summed E-state index contributed by atoms with van der Waals surface area (Å²) in [4.78, 5) is 18.8. The Hall–Kier alpha value is -3.28. The zero-order chi connectivity index (χ0) is 19.0. The Kier molecular flexibility index (Phi) is 4.32. The lowest BCUT2D eigenvalue weighted by atomic mass is 10.1. The van der Waals surface area contributed by atoms with E-state index in [2.05, 4.69) is 14.9 Å². The van der Waals surface area contributed by atoms with Crippen molar-refractivity contribution in [2.24, 2.45) is 0 Å². The highest BCUT2D eigenvalue weighted by atomic mass is 16.5. The number of hydrogen-bond donors (Lipinski definition) is 1. The number of carbonyl (C=O) groups excluding carboxylic acids is 1. The van der Waals surface area contributed by atoms with Gasteiger partial charge >= 0.3 is 0 Å². The van der Waals surface area contributed by atoms with Gasteiger partial charge in [0.15, 0.2) is 0 Å². The molecule has 1 amide bonds. The van der Waals surface area contributed by atoms with Gasteiger partial charge in [0.25, 0.3) is 5.91 Å². The molecule has 0 radical (unpaired) electrons. The van der Waals surface area contributed by atoms with E-state index in [4.69, 9.17) is 4.74 Å². The zero-order valence-corrected chi connectivity index (χ0v) is 15.7. The van der Waals surface area contributed by atoms with Crippen molar-refractivity contribution in [2.75, 3.05) is 26.0 Å². The van der Waals surface area contributed by atoms with Gasteiger partial charge in [-0.3, -0.25) is 9.36 Å². The van der Waals surface area contributed by atoms with Crippen molar-refractivity contribution in [3.05, 3.63) is 59.9 Å². The first kappa shape index (κ1) is 17.1. The maximum absolute atomic E-state index is 12.6. The molecule has 3 aromatic rings. The maximum Gasteiger partial charge on any atom is 0.257 e. The molecule has 0 aliphatic carbocycles. The molecule has 4 rings (SSSR count). The smallest absolute Gasteiger partial charge is 0.257 e. The van der Waals surface area contributed by atoms with Crippen molar-refractivity contribution in [3.63, 3.8) is 0 Å². The Morgan fingerprint density at radius 1 is 1.26 bits per heavy atom. The van der Waals surface area contributed by atoms with Crippen LogP contribution in [-0.2, 0) is 6.54 Å². The van der Waals surface area contributed by atoms with Crippen molar-refractivity contribution in [2.45, 2.75) is 13.5 Å². The lowest BCUT2D eigenvalue weighted by Crippen LogP contribution is -2.24. The van der Waals surface area contributed by atoms with Crippen LogP contribution in [-0.4, -0.2) is 41.1 Å². The highest BCUT2D eigenvalue weighted by molar-refractivity contribution is 5.98. The highest BCUT2D eigenvalue weighted by Gasteiger charge is 2.25.